The zero-order valence-corrected chi connectivity index (χ0v) is 13.2. The molecule has 0 radical (unpaired) electrons. The zero-order chi connectivity index (χ0) is 15.8. The number of ether oxygens (including phenoxy) is 1. The molecular formula is C18H24N2O2. The van der Waals surface area contributed by atoms with Crippen LogP contribution in [0.4, 0.5) is 0 Å². The SMILES string of the molecule is Cc1cc(CNCC(C)CCO)ccc1Oc1cccnc1. The summed E-state index contributed by atoms with van der Waals surface area (Å²) >= 11 is 0. The van der Waals surface area contributed by atoms with Crippen LogP contribution in [0.2, 0.25) is 0 Å². The van der Waals surface area contributed by atoms with Crippen molar-refractivity contribution in [2.45, 2.75) is 26.8 Å². The van der Waals surface area contributed by atoms with Gasteiger partial charge in [-0.05, 0) is 55.1 Å². The van der Waals surface area contributed by atoms with Gasteiger partial charge in [-0.3, -0.25) is 4.98 Å². The highest BCUT2D eigenvalue weighted by Gasteiger charge is 2.04. The van der Waals surface area contributed by atoms with E-state index < -0.39 is 0 Å². The molecule has 0 aliphatic rings. The lowest BCUT2D eigenvalue weighted by molar-refractivity contribution is 0.260. The van der Waals surface area contributed by atoms with Gasteiger partial charge >= 0.3 is 0 Å². The second-order valence-electron chi connectivity index (χ2n) is 5.64. The number of aromatic nitrogens is 1. The van der Waals surface area contributed by atoms with E-state index in [2.05, 4.69) is 29.4 Å². The maximum Gasteiger partial charge on any atom is 0.145 e. The van der Waals surface area contributed by atoms with Crippen molar-refractivity contribution in [3.05, 3.63) is 53.9 Å². The second-order valence-corrected chi connectivity index (χ2v) is 5.64. The van der Waals surface area contributed by atoms with E-state index in [0.29, 0.717) is 5.92 Å². The molecule has 0 bridgehead atoms. The van der Waals surface area contributed by atoms with Gasteiger partial charge in [-0.25, -0.2) is 0 Å². The van der Waals surface area contributed by atoms with E-state index in [1.807, 2.05) is 25.1 Å². The molecule has 0 saturated carbocycles. The van der Waals surface area contributed by atoms with Gasteiger partial charge in [-0.15, -0.1) is 0 Å². The van der Waals surface area contributed by atoms with Crippen LogP contribution in [0.25, 0.3) is 0 Å². The maximum absolute atomic E-state index is 8.89. The molecule has 1 heterocycles. The van der Waals surface area contributed by atoms with Crippen LogP contribution in [0.1, 0.15) is 24.5 Å². The number of pyridine rings is 1. The first-order valence-electron chi connectivity index (χ1n) is 7.68. The fourth-order valence-electron chi connectivity index (χ4n) is 2.26. The summed E-state index contributed by atoms with van der Waals surface area (Å²) in [4.78, 5) is 4.05. The lowest BCUT2D eigenvalue weighted by atomic mass is 10.1. The summed E-state index contributed by atoms with van der Waals surface area (Å²) in [5.41, 5.74) is 2.33. The van der Waals surface area contributed by atoms with Gasteiger partial charge in [-0.1, -0.05) is 19.1 Å². The molecular weight excluding hydrogens is 276 g/mol. The molecule has 2 N–H and O–H groups in total. The Morgan fingerprint density at radius 1 is 1.32 bits per heavy atom. The Hall–Kier alpha value is -1.91. The molecule has 1 unspecified atom stereocenters. The van der Waals surface area contributed by atoms with E-state index in [1.165, 1.54) is 5.56 Å². The van der Waals surface area contributed by atoms with Gasteiger partial charge in [0, 0.05) is 19.3 Å². The van der Waals surface area contributed by atoms with Crippen LogP contribution in [0.15, 0.2) is 42.7 Å². The number of aliphatic hydroxyl groups is 1. The van der Waals surface area contributed by atoms with Crippen LogP contribution >= 0.6 is 0 Å². The third kappa shape index (κ3) is 5.13. The monoisotopic (exact) mass is 300 g/mol. The van der Waals surface area contributed by atoms with Crippen LogP contribution in [0.3, 0.4) is 0 Å². The van der Waals surface area contributed by atoms with Gasteiger partial charge in [0.15, 0.2) is 0 Å². The molecule has 0 aliphatic heterocycles. The number of hydrogen-bond donors (Lipinski definition) is 2. The van der Waals surface area contributed by atoms with Gasteiger partial charge in [0.1, 0.15) is 11.5 Å². The molecule has 0 spiro atoms. The fourth-order valence-corrected chi connectivity index (χ4v) is 2.26. The molecule has 2 aromatic rings. The number of aliphatic hydroxyl groups excluding tert-OH is 1. The summed E-state index contributed by atoms with van der Waals surface area (Å²) in [6.45, 7) is 6.17. The fraction of sp³-hybridized carbons (Fsp3) is 0.389. The van der Waals surface area contributed by atoms with Crippen molar-refractivity contribution < 1.29 is 9.84 Å². The van der Waals surface area contributed by atoms with Gasteiger partial charge in [0.25, 0.3) is 0 Å². The highest BCUT2D eigenvalue weighted by Crippen LogP contribution is 2.25. The summed E-state index contributed by atoms with van der Waals surface area (Å²) in [6, 6.07) is 9.95. The zero-order valence-electron chi connectivity index (χ0n) is 13.2. The van der Waals surface area contributed by atoms with E-state index in [-0.39, 0.29) is 6.61 Å². The molecule has 0 fully saturated rings. The molecule has 1 atom stereocenters. The van der Waals surface area contributed by atoms with Crippen molar-refractivity contribution in [3.63, 3.8) is 0 Å². The van der Waals surface area contributed by atoms with E-state index in [1.54, 1.807) is 12.4 Å². The van der Waals surface area contributed by atoms with E-state index in [9.17, 15) is 0 Å². The Morgan fingerprint density at radius 2 is 2.18 bits per heavy atom. The van der Waals surface area contributed by atoms with Gasteiger partial charge < -0.3 is 15.2 Å². The molecule has 118 valence electrons. The van der Waals surface area contributed by atoms with Crippen LogP contribution in [-0.2, 0) is 6.54 Å². The maximum atomic E-state index is 8.89. The number of hydrogen-bond acceptors (Lipinski definition) is 4. The Bertz CT molecular complexity index is 573. The quantitative estimate of drug-likeness (QED) is 0.785. The largest absolute Gasteiger partial charge is 0.455 e. The van der Waals surface area contributed by atoms with Crippen molar-refractivity contribution >= 4 is 0 Å². The molecule has 4 heteroatoms. The third-order valence-electron chi connectivity index (χ3n) is 3.55. The van der Waals surface area contributed by atoms with Crippen molar-refractivity contribution in [3.8, 4) is 11.5 Å². The first kappa shape index (κ1) is 16.5. The van der Waals surface area contributed by atoms with Crippen LogP contribution in [0.5, 0.6) is 11.5 Å². The lowest BCUT2D eigenvalue weighted by Gasteiger charge is -2.13. The minimum Gasteiger partial charge on any atom is -0.455 e. The number of benzene rings is 1. The number of rotatable bonds is 8. The molecule has 22 heavy (non-hydrogen) atoms. The molecule has 0 amide bonds. The van der Waals surface area contributed by atoms with Crippen molar-refractivity contribution in [1.29, 1.82) is 0 Å². The minimum absolute atomic E-state index is 0.252. The number of nitrogens with zero attached hydrogens (tertiary/aromatic N) is 1. The Kier molecular flexibility index (Phi) is 6.37. The van der Waals surface area contributed by atoms with Gasteiger partial charge in [0.2, 0.25) is 0 Å². The molecule has 4 nitrogen and oxygen atoms in total. The Balaban J connectivity index is 1.89. The Labute approximate surface area is 132 Å². The van der Waals surface area contributed by atoms with Crippen molar-refractivity contribution in [2.24, 2.45) is 5.92 Å². The highest BCUT2D eigenvalue weighted by atomic mass is 16.5. The average Bonchev–Trinajstić information content (AvgIpc) is 2.51. The first-order valence-corrected chi connectivity index (χ1v) is 7.68. The van der Waals surface area contributed by atoms with Crippen molar-refractivity contribution in [1.82, 2.24) is 10.3 Å². The minimum atomic E-state index is 0.252. The highest BCUT2D eigenvalue weighted by molar-refractivity contribution is 5.39. The van der Waals surface area contributed by atoms with Gasteiger partial charge in [-0.2, -0.15) is 0 Å². The summed E-state index contributed by atoms with van der Waals surface area (Å²) in [5, 5.41) is 12.3. The van der Waals surface area contributed by atoms with E-state index in [4.69, 9.17) is 9.84 Å². The van der Waals surface area contributed by atoms with E-state index >= 15 is 0 Å². The first-order chi connectivity index (χ1) is 10.7. The average molecular weight is 300 g/mol. The van der Waals surface area contributed by atoms with Crippen molar-refractivity contribution in [2.75, 3.05) is 13.2 Å². The summed E-state index contributed by atoms with van der Waals surface area (Å²) in [7, 11) is 0. The molecule has 1 aromatic carbocycles. The van der Waals surface area contributed by atoms with Crippen LogP contribution < -0.4 is 10.1 Å². The molecule has 2 rings (SSSR count). The summed E-state index contributed by atoms with van der Waals surface area (Å²) in [5.74, 6) is 2.08. The molecule has 1 aromatic heterocycles. The lowest BCUT2D eigenvalue weighted by Crippen LogP contribution is -2.21. The van der Waals surface area contributed by atoms with Gasteiger partial charge in [0.05, 0.1) is 6.20 Å². The standard InChI is InChI=1S/C18H24N2O2/c1-14(7-9-21)11-20-12-16-5-6-18(15(2)10-16)22-17-4-3-8-19-13-17/h3-6,8,10,13-14,20-21H,7,9,11-12H2,1-2H3. The predicted molar refractivity (Wildman–Crippen MR) is 88.1 cm³/mol. The third-order valence-corrected chi connectivity index (χ3v) is 3.55. The number of nitrogens with one attached hydrogen (secondary N) is 1. The Morgan fingerprint density at radius 3 is 2.86 bits per heavy atom. The predicted octanol–water partition coefficient (Wildman–Crippen LogP) is 3.29. The van der Waals surface area contributed by atoms with Crippen LogP contribution in [0, 0.1) is 12.8 Å². The second kappa shape index (κ2) is 8.51. The molecule has 0 saturated heterocycles. The van der Waals surface area contributed by atoms with E-state index in [0.717, 1.165) is 36.6 Å². The normalized spacial score (nSPS) is 12.1. The van der Waals surface area contributed by atoms with Crippen LogP contribution in [-0.4, -0.2) is 23.2 Å². The number of aryl methyl sites for hydroxylation is 1. The summed E-state index contributed by atoms with van der Waals surface area (Å²) in [6.07, 6.45) is 4.27. The topological polar surface area (TPSA) is 54.4 Å². The smallest absolute Gasteiger partial charge is 0.145 e. The molecule has 0 aliphatic carbocycles. The summed E-state index contributed by atoms with van der Waals surface area (Å²) < 4.78 is 5.83.